The fourth-order valence-electron chi connectivity index (χ4n) is 2.16. The van der Waals surface area contributed by atoms with Crippen LogP contribution in [0.15, 0.2) is 42.7 Å². The van der Waals surface area contributed by atoms with E-state index in [0.29, 0.717) is 13.0 Å². The van der Waals surface area contributed by atoms with Crippen LogP contribution >= 0.6 is 0 Å². The second kappa shape index (κ2) is 6.94. The molecule has 2 rings (SSSR count). The fourth-order valence-corrected chi connectivity index (χ4v) is 2.16. The van der Waals surface area contributed by atoms with Gasteiger partial charge in [0.25, 0.3) is 0 Å². The van der Waals surface area contributed by atoms with Gasteiger partial charge in [0.1, 0.15) is 0 Å². The average Bonchev–Trinajstić information content (AvgIpc) is 2.84. The summed E-state index contributed by atoms with van der Waals surface area (Å²) in [7, 11) is 2.00. The van der Waals surface area contributed by atoms with Gasteiger partial charge in [-0.3, -0.25) is 4.79 Å². The van der Waals surface area contributed by atoms with Crippen molar-refractivity contribution in [3.8, 4) is 0 Å². The van der Waals surface area contributed by atoms with Crippen molar-refractivity contribution in [2.24, 2.45) is 7.05 Å². The van der Waals surface area contributed by atoms with Crippen LogP contribution < -0.4 is 5.32 Å². The van der Waals surface area contributed by atoms with Crippen molar-refractivity contribution in [2.45, 2.75) is 26.2 Å². The number of aryl methyl sites for hydroxylation is 3. The molecule has 1 aromatic heterocycles. The van der Waals surface area contributed by atoms with Crippen LogP contribution in [0.1, 0.15) is 23.1 Å². The minimum absolute atomic E-state index is 0.126. The van der Waals surface area contributed by atoms with Crippen LogP contribution in [0.2, 0.25) is 0 Å². The molecule has 1 heterocycles. The van der Waals surface area contributed by atoms with Crippen LogP contribution in [0, 0.1) is 6.92 Å². The smallest absolute Gasteiger partial charge is 0.220 e. The highest BCUT2D eigenvalue weighted by Crippen LogP contribution is 2.05. The number of hydrogen-bond acceptors (Lipinski definition) is 1. The van der Waals surface area contributed by atoms with Crippen LogP contribution in [-0.2, 0) is 24.7 Å². The minimum atomic E-state index is 0.126. The predicted octanol–water partition coefficient (Wildman–Crippen LogP) is 2.63. The van der Waals surface area contributed by atoms with Gasteiger partial charge in [-0.2, -0.15) is 0 Å². The van der Waals surface area contributed by atoms with Gasteiger partial charge in [0.15, 0.2) is 0 Å². The second-order valence-corrected chi connectivity index (χ2v) is 5.27. The first-order valence-electron chi connectivity index (χ1n) is 7.06. The largest absolute Gasteiger partial charge is 0.357 e. The first kappa shape index (κ1) is 14.4. The summed E-state index contributed by atoms with van der Waals surface area (Å²) in [6, 6.07) is 10.4. The maximum atomic E-state index is 11.8. The van der Waals surface area contributed by atoms with Crippen LogP contribution in [0.25, 0.3) is 0 Å². The lowest BCUT2D eigenvalue weighted by molar-refractivity contribution is -0.121. The van der Waals surface area contributed by atoms with E-state index in [1.165, 1.54) is 16.7 Å². The van der Waals surface area contributed by atoms with Gasteiger partial charge in [0.2, 0.25) is 5.91 Å². The van der Waals surface area contributed by atoms with Gasteiger partial charge in [-0.1, -0.05) is 29.8 Å². The molecule has 0 saturated heterocycles. The molecule has 3 heteroatoms. The fraction of sp³-hybridized carbons (Fsp3) is 0.353. The molecule has 0 spiro atoms. The standard InChI is InChI=1S/C17H22N2O/c1-14-3-5-15(6-4-14)7-8-17(20)18-11-9-16-10-12-19(2)13-16/h3-6,10,12-13H,7-9,11H2,1-2H3,(H,18,20). The normalized spacial score (nSPS) is 10.5. The third-order valence-corrected chi connectivity index (χ3v) is 3.39. The Morgan fingerprint density at radius 1 is 1.10 bits per heavy atom. The number of nitrogens with one attached hydrogen (secondary N) is 1. The highest BCUT2D eigenvalue weighted by atomic mass is 16.1. The van der Waals surface area contributed by atoms with E-state index in [9.17, 15) is 4.79 Å². The Kier molecular flexibility index (Phi) is 4.99. The third kappa shape index (κ3) is 4.57. The van der Waals surface area contributed by atoms with E-state index in [1.807, 2.05) is 17.8 Å². The zero-order valence-electron chi connectivity index (χ0n) is 12.2. The van der Waals surface area contributed by atoms with E-state index in [-0.39, 0.29) is 5.91 Å². The van der Waals surface area contributed by atoms with Gasteiger partial charge in [-0.05, 0) is 37.0 Å². The van der Waals surface area contributed by atoms with Crippen LogP contribution in [0.3, 0.4) is 0 Å². The van der Waals surface area contributed by atoms with Gasteiger partial charge >= 0.3 is 0 Å². The molecule has 0 aliphatic carbocycles. The van der Waals surface area contributed by atoms with Crippen molar-refractivity contribution in [3.05, 3.63) is 59.4 Å². The average molecular weight is 270 g/mol. The molecule has 106 valence electrons. The number of nitrogens with zero attached hydrogens (tertiary/aromatic N) is 1. The molecule has 0 aliphatic rings. The van der Waals surface area contributed by atoms with Gasteiger partial charge in [-0.25, -0.2) is 0 Å². The summed E-state index contributed by atoms with van der Waals surface area (Å²) in [6.07, 6.45) is 6.35. The molecule has 1 N–H and O–H groups in total. The number of amides is 1. The molecule has 0 aliphatic heterocycles. The third-order valence-electron chi connectivity index (χ3n) is 3.39. The van der Waals surface area contributed by atoms with Crippen molar-refractivity contribution in [2.75, 3.05) is 6.54 Å². The first-order valence-corrected chi connectivity index (χ1v) is 7.06. The number of carbonyl (C=O) groups excluding carboxylic acids is 1. The summed E-state index contributed by atoms with van der Waals surface area (Å²) in [5.41, 5.74) is 3.72. The molecule has 0 bridgehead atoms. The van der Waals surface area contributed by atoms with Crippen molar-refractivity contribution in [1.29, 1.82) is 0 Å². The maximum absolute atomic E-state index is 11.8. The molecular formula is C17H22N2O. The summed E-state index contributed by atoms with van der Waals surface area (Å²) < 4.78 is 2.02. The monoisotopic (exact) mass is 270 g/mol. The van der Waals surface area contributed by atoms with E-state index in [1.54, 1.807) is 0 Å². The molecule has 3 nitrogen and oxygen atoms in total. The Balaban J connectivity index is 1.66. The number of aromatic nitrogens is 1. The van der Waals surface area contributed by atoms with Gasteiger partial charge in [0, 0.05) is 32.4 Å². The van der Waals surface area contributed by atoms with E-state index in [0.717, 1.165) is 12.8 Å². The molecule has 1 amide bonds. The molecule has 20 heavy (non-hydrogen) atoms. The molecule has 0 saturated carbocycles. The summed E-state index contributed by atoms with van der Waals surface area (Å²) in [6.45, 7) is 2.77. The Labute approximate surface area is 120 Å². The van der Waals surface area contributed by atoms with Crippen molar-refractivity contribution < 1.29 is 4.79 Å². The molecule has 0 unspecified atom stereocenters. The number of rotatable bonds is 6. The van der Waals surface area contributed by atoms with Crippen LogP contribution in [0.5, 0.6) is 0 Å². The molecular weight excluding hydrogens is 248 g/mol. The Morgan fingerprint density at radius 2 is 1.85 bits per heavy atom. The van der Waals surface area contributed by atoms with E-state index < -0.39 is 0 Å². The molecule has 1 aromatic carbocycles. The highest BCUT2D eigenvalue weighted by Gasteiger charge is 2.02. The Morgan fingerprint density at radius 3 is 2.50 bits per heavy atom. The lowest BCUT2D eigenvalue weighted by Crippen LogP contribution is -2.25. The van der Waals surface area contributed by atoms with Crippen molar-refractivity contribution >= 4 is 5.91 Å². The van der Waals surface area contributed by atoms with Crippen LogP contribution in [-0.4, -0.2) is 17.0 Å². The molecule has 0 fully saturated rings. The van der Waals surface area contributed by atoms with Gasteiger partial charge < -0.3 is 9.88 Å². The Hall–Kier alpha value is -2.03. The quantitative estimate of drug-likeness (QED) is 0.860. The van der Waals surface area contributed by atoms with Crippen molar-refractivity contribution in [3.63, 3.8) is 0 Å². The van der Waals surface area contributed by atoms with Gasteiger partial charge in [-0.15, -0.1) is 0 Å². The molecule has 0 atom stereocenters. The van der Waals surface area contributed by atoms with E-state index in [2.05, 4.69) is 48.8 Å². The Bertz CT molecular complexity index is 555. The van der Waals surface area contributed by atoms with E-state index >= 15 is 0 Å². The topological polar surface area (TPSA) is 34.0 Å². The SMILES string of the molecule is Cc1ccc(CCC(=O)NCCc2ccn(C)c2)cc1. The predicted molar refractivity (Wildman–Crippen MR) is 81.6 cm³/mol. The maximum Gasteiger partial charge on any atom is 0.220 e. The summed E-state index contributed by atoms with van der Waals surface area (Å²) in [5, 5.41) is 2.97. The zero-order chi connectivity index (χ0) is 14.4. The zero-order valence-corrected chi connectivity index (χ0v) is 12.2. The van der Waals surface area contributed by atoms with Crippen LogP contribution in [0.4, 0.5) is 0 Å². The minimum Gasteiger partial charge on any atom is -0.357 e. The lowest BCUT2D eigenvalue weighted by atomic mass is 10.1. The number of carbonyl (C=O) groups is 1. The van der Waals surface area contributed by atoms with Crippen molar-refractivity contribution in [1.82, 2.24) is 9.88 Å². The highest BCUT2D eigenvalue weighted by molar-refractivity contribution is 5.76. The summed E-state index contributed by atoms with van der Waals surface area (Å²) >= 11 is 0. The lowest BCUT2D eigenvalue weighted by Gasteiger charge is -2.05. The van der Waals surface area contributed by atoms with Gasteiger partial charge in [0.05, 0.1) is 0 Å². The first-order chi connectivity index (χ1) is 9.63. The summed E-state index contributed by atoms with van der Waals surface area (Å²) in [5.74, 6) is 0.126. The number of benzene rings is 1. The number of hydrogen-bond donors (Lipinski definition) is 1. The molecule has 2 aromatic rings. The summed E-state index contributed by atoms with van der Waals surface area (Å²) in [4.78, 5) is 11.8. The van der Waals surface area contributed by atoms with E-state index in [4.69, 9.17) is 0 Å². The second-order valence-electron chi connectivity index (χ2n) is 5.27. The molecule has 0 radical (unpaired) electrons.